The second kappa shape index (κ2) is 14.1. The zero-order valence-electron chi connectivity index (χ0n) is 18.4. The van der Waals surface area contributed by atoms with E-state index in [9.17, 15) is 0 Å². The number of thiol groups is 3. The van der Waals surface area contributed by atoms with Crippen LogP contribution in [0.15, 0.2) is 0 Å². The van der Waals surface area contributed by atoms with Crippen LogP contribution >= 0.6 is 44.6 Å². The molecule has 6 nitrogen and oxygen atoms in total. The first kappa shape index (κ1) is 29.8. The van der Waals surface area contributed by atoms with Gasteiger partial charge < -0.3 is 26.6 Å². The highest BCUT2D eigenvalue weighted by Crippen LogP contribution is 2.74. The van der Waals surface area contributed by atoms with Crippen LogP contribution in [0.25, 0.3) is 0 Å². The van der Waals surface area contributed by atoms with Gasteiger partial charge in [-0.3, -0.25) is 0 Å². The van der Waals surface area contributed by atoms with Crippen molar-refractivity contribution >= 4 is 65.2 Å². The Morgan fingerprint density at radius 3 is 0.929 bits per heavy atom. The molecule has 0 unspecified atom stereocenters. The van der Waals surface area contributed by atoms with E-state index in [0.717, 1.165) is 6.42 Å². The summed E-state index contributed by atoms with van der Waals surface area (Å²) in [5, 5.41) is 0. The molecule has 0 aliphatic heterocycles. The molecule has 172 valence electrons. The summed E-state index contributed by atoms with van der Waals surface area (Å²) in [4.78, 5) is 0. The van der Waals surface area contributed by atoms with Crippen LogP contribution in [0.2, 0.25) is 0 Å². The molecule has 13 heteroatoms. The zero-order chi connectivity index (χ0) is 21.9. The smallest absolute Gasteiger partial charge is 0.367 e. The predicted molar refractivity (Wildman–Crippen MR) is 137 cm³/mol. The third-order valence-corrected chi connectivity index (χ3v) is 55.4. The van der Waals surface area contributed by atoms with E-state index >= 15 is 0 Å². The Bertz CT molecular complexity index is 371. The molecule has 0 amide bonds. The standard InChI is InChI=1S/C15H40O6S4Si3/c1-8-15-25(28(22,23)24,26(16-9-2,17-10-3)18-11-4)27(19-12-5,20-13-6)21-14-7/h22-24H,8-15H2,1-7H3. The minimum absolute atomic E-state index is 0.444. The van der Waals surface area contributed by atoms with Gasteiger partial charge in [0.2, 0.25) is 0 Å². The van der Waals surface area contributed by atoms with E-state index in [2.05, 4.69) is 6.92 Å². The molecule has 0 aromatic carbocycles. The molecular formula is C15H40O6S4Si3. The largest absolute Gasteiger partial charge is 0.555 e. The SMILES string of the molecule is CCCS([Si](S)(S)S)([Si](OCC)(OCC)OCC)[Si](OCC)(OCC)OCC. The fourth-order valence-corrected chi connectivity index (χ4v) is 57.9. The summed E-state index contributed by atoms with van der Waals surface area (Å²) >= 11 is 15.0. The van der Waals surface area contributed by atoms with Crippen molar-refractivity contribution in [2.75, 3.05) is 45.4 Å². The lowest BCUT2D eigenvalue weighted by atomic mass is 10.6. The number of rotatable bonds is 17. The zero-order valence-corrected chi connectivity index (χ0v) is 24.9. The first-order chi connectivity index (χ1) is 13.2. The van der Waals surface area contributed by atoms with Gasteiger partial charge in [-0.05, 0) is 53.7 Å². The van der Waals surface area contributed by atoms with E-state index in [1.54, 1.807) is 0 Å². The normalized spacial score (nSPS) is 14.5. The molecule has 0 rings (SSSR count). The van der Waals surface area contributed by atoms with Crippen molar-refractivity contribution < 1.29 is 26.6 Å². The van der Waals surface area contributed by atoms with Gasteiger partial charge >= 0.3 is 15.9 Å². The lowest BCUT2D eigenvalue weighted by Gasteiger charge is -2.58. The minimum Gasteiger partial charge on any atom is -0.367 e. The fraction of sp³-hybridized carbons (Fsp3) is 1.00. The van der Waals surface area contributed by atoms with Gasteiger partial charge in [-0.1, -0.05) is 6.92 Å². The third kappa shape index (κ3) is 6.19. The highest BCUT2D eigenvalue weighted by Gasteiger charge is 2.79. The highest BCUT2D eigenvalue weighted by atomic mass is 33.1. The summed E-state index contributed by atoms with van der Waals surface area (Å²) < 4.78 is 35.6. The third-order valence-electron chi connectivity index (χ3n) is 3.76. The van der Waals surface area contributed by atoms with E-state index in [0.29, 0.717) is 45.4 Å². The summed E-state index contributed by atoms with van der Waals surface area (Å²) in [5.41, 5.74) is 0. The van der Waals surface area contributed by atoms with Gasteiger partial charge in [0.1, 0.15) is 0 Å². The molecular weight excluding hydrogens is 489 g/mol. The molecule has 0 radical (unpaired) electrons. The van der Waals surface area contributed by atoms with Crippen molar-refractivity contribution in [3.63, 3.8) is 0 Å². The van der Waals surface area contributed by atoms with Crippen molar-refractivity contribution in [2.45, 2.75) is 54.9 Å². The lowest BCUT2D eigenvalue weighted by Crippen LogP contribution is -2.69. The van der Waals surface area contributed by atoms with E-state index in [1.807, 2.05) is 41.5 Å². The van der Waals surface area contributed by atoms with Gasteiger partial charge in [0.15, 0.2) is 0 Å². The number of hydrogen-bond acceptors (Lipinski definition) is 9. The molecule has 0 aliphatic carbocycles. The van der Waals surface area contributed by atoms with Crippen LogP contribution in [0.3, 0.4) is 0 Å². The van der Waals surface area contributed by atoms with Crippen molar-refractivity contribution in [1.82, 2.24) is 0 Å². The molecule has 0 aliphatic rings. The van der Waals surface area contributed by atoms with Gasteiger partial charge in [0.05, 0.1) is 0 Å². The topological polar surface area (TPSA) is 55.4 Å². The molecule has 0 fully saturated rings. The monoisotopic (exact) mass is 528 g/mol. The van der Waals surface area contributed by atoms with E-state index in [4.69, 9.17) is 62.8 Å². The Morgan fingerprint density at radius 2 is 0.786 bits per heavy atom. The van der Waals surface area contributed by atoms with Gasteiger partial charge in [0.25, 0.3) is 4.67 Å². The summed E-state index contributed by atoms with van der Waals surface area (Å²) in [7, 11) is -8.92. The first-order valence-electron chi connectivity index (χ1n) is 9.98. The molecule has 0 saturated heterocycles. The van der Waals surface area contributed by atoms with Crippen LogP contribution in [0.4, 0.5) is 0 Å². The molecule has 0 bridgehead atoms. The summed E-state index contributed by atoms with van der Waals surface area (Å²) in [6.07, 6.45) is 0.843. The van der Waals surface area contributed by atoms with Crippen molar-refractivity contribution in [3.05, 3.63) is 0 Å². The molecule has 0 heterocycles. The van der Waals surface area contributed by atoms with Crippen molar-refractivity contribution in [2.24, 2.45) is 0 Å². The van der Waals surface area contributed by atoms with Crippen LogP contribution in [0, 0.1) is 0 Å². The summed E-state index contributed by atoms with van der Waals surface area (Å²) in [5.74, 6) is 0.703. The molecule has 0 spiro atoms. The summed E-state index contributed by atoms with van der Waals surface area (Å²) in [6.45, 7) is 16.4. The van der Waals surface area contributed by atoms with Gasteiger partial charge in [0, 0.05) is 39.6 Å². The van der Waals surface area contributed by atoms with E-state index < -0.39 is 29.0 Å². The van der Waals surface area contributed by atoms with Gasteiger partial charge in [-0.2, -0.15) is 36.2 Å². The second-order valence-electron chi connectivity index (χ2n) is 5.62. The first-order valence-corrected chi connectivity index (χ1v) is 23.3. The molecule has 28 heavy (non-hydrogen) atoms. The van der Waals surface area contributed by atoms with E-state index in [1.165, 1.54) is 0 Å². The quantitative estimate of drug-likeness (QED) is 0.191. The maximum atomic E-state index is 6.41. The van der Waals surface area contributed by atoms with Crippen LogP contribution < -0.4 is 0 Å². The van der Waals surface area contributed by atoms with Crippen LogP contribution in [-0.2, 0) is 26.6 Å². The molecule has 0 saturated carbocycles. The van der Waals surface area contributed by atoms with Crippen LogP contribution in [0.1, 0.15) is 54.9 Å². The Kier molecular flexibility index (Phi) is 15.0. The van der Waals surface area contributed by atoms with Gasteiger partial charge in [-0.25, -0.2) is 0 Å². The Balaban J connectivity index is 7.22. The lowest BCUT2D eigenvalue weighted by molar-refractivity contribution is 0.0860. The molecule has 0 N–H and O–H groups in total. The van der Waals surface area contributed by atoms with Crippen molar-refractivity contribution in [3.8, 4) is 0 Å². The average molecular weight is 529 g/mol. The Labute approximate surface area is 191 Å². The van der Waals surface area contributed by atoms with Crippen molar-refractivity contribution in [1.29, 1.82) is 0 Å². The average Bonchev–Trinajstić information content (AvgIpc) is 2.59. The highest BCUT2D eigenvalue weighted by molar-refractivity contribution is 9.13. The molecule has 0 aromatic heterocycles. The number of hydrogen-bond donors (Lipinski definition) is 3. The maximum Gasteiger partial charge on any atom is 0.555 e. The van der Waals surface area contributed by atoms with Crippen LogP contribution in [0.5, 0.6) is 0 Å². The second-order valence-corrected chi connectivity index (χ2v) is 39.1. The maximum absolute atomic E-state index is 6.41. The minimum atomic E-state index is -3.38. The Morgan fingerprint density at radius 1 is 0.536 bits per heavy atom. The van der Waals surface area contributed by atoms with Crippen LogP contribution in [-0.4, -0.2) is 66.0 Å². The fourth-order valence-electron chi connectivity index (χ4n) is 3.10. The predicted octanol–water partition coefficient (Wildman–Crippen LogP) is 4.52. The van der Waals surface area contributed by atoms with E-state index in [-0.39, 0.29) is 0 Å². The summed E-state index contributed by atoms with van der Waals surface area (Å²) in [6, 6.07) is 0. The molecule has 0 aromatic rings. The Hall–Kier alpha value is 1.81. The molecule has 0 atom stereocenters. The van der Waals surface area contributed by atoms with Gasteiger partial charge in [-0.15, -0.1) is 8.38 Å².